The number of alkyl halides is 2. The van der Waals surface area contributed by atoms with Crippen LogP contribution >= 0.6 is 15.9 Å². The van der Waals surface area contributed by atoms with Gasteiger partial charge >= 0.3 is 0 Å². The number of hydrogen-bond donors (Lipinski definition) is 0. The van der Waals surface area contributed by atoms with Crippen molar-refractivity contribution < 1.29 is 22.0 Å². The van der Waals surface area contributed by atoms with Gasteiger partial charge < -0.3 is 4.90 Å². The number of benzene rings is 1. The molecular formula is C16H17BrF2N2O3S. The number of amides is 1. The predicted octanol–water partition coefficient (Wildman–Crippen LogP) is 2.84. The SMILES string of the molecule is CC(C1CC1)N1Cc2cc(Br)cc(S(=O)(=O)N3CC(F)(F)C3)c2C1=O. The fourth-order valence-electron chi connectivity index (χ4n) is 3.55. The zero-order valence-corrected chi connectivity index (χ0v) is 15.9. The van der Waals surface area contributed by atoms with Gasteiger partial charge in [0.05, 0.1) is 23.5 Å². The van der Waals surface area contributed by atoms with Gasteiger partial charge in [0.2, 0.25) is 10.0 Å². The van der Waals surface area contributed by atoms with Crippen molar-refractivity contribution in [3.8, 4) is 0 Å². The lowest BCUT2D eigenvalue weighted by Gasteiger charge is -2.37. The van der Waals surface area contributed by atoms with Gasteiger partial charge in [-0.3, -0.25) is 4.79 Å². The minimum atomic E-state index is -4.13. The third-order valence-corrected chi connectivity index (χ3v) is 7.47. The van der Waals surface area contributed by atoms with Crippen molar-refractivity contribution in [2.45, 2.75) is 43.2 Å². The Labute approximate surface area is 153 Å². The van der Waals surface area contributed by atoms with Crippen molar-refractivity contribution in [1.82, 2.24) is 9.21 Å². The van der Waals surface area contributed by atoms with E-state index in [1.807, 2.05) is 6.92 Å². The maximum atomic E-state index is 13.1. The first-order valence-electron chi connectivity index (χ1n) is 8.11. The Bertz CT molecular complexity index is 862. The Balaban J connectivity index is 1.73. The molecule has 0 N–H and O–H groups in total. The van der Waals surface area contributed by atoms with Crippen LogP contribution in [-0.4, -0.2) is 48.6 Å². The molecule has 1 atom stereocenters. The van der Waals surface area contributed by atoms with Crippen LogP contribution in [0.3, 0.4) is 0 Å². The summed E-state index contributed by atoms with van der Waals surface area (Å²) in [6.45, 7) is 0.643. The monoisotopic (exact) mass is 434 g/mol. The van der Waals surface area contributed by atoms with Crippen LogP contribution in [0, 0.1) is 5.92 Å². The number of carbonyl (C=O) groups is 1. The smallest absolute Gasteiger partial charge is 0.275 e. The van der Waals surface area contributed by atoms with Crippen LogP contribution in [0.5, 0.6) is 0 Å². The Morgan fingerprint density at radius 2 is 1.92 bits per heavy atom. The highest BCUT2D eigenvalue weighted by Crippen LogP contribution is 2.41. The first kappa shape index (κ1) is 17.4. The predicted molar refractivity (Wildman–Crippen MR) is 89.9 cm³/mol. The fraction of sp³-hybridized carbons (Fsp3) is 0.562. The summed E-state index contributed by atoms with van der Waals surface area (Å²) in [4.78, 5) is 14.4. The molecule has 5 nitrogen and oxygen atoms in total. The summed E-state index contributed by atoms with van der Waals surface area (Å²) < 4.78 is 53.1. The minimum absolute atomic E-state index is 0.0440. The Morgan fingerprint density at radius 3 is 2.48 bits per heavy atom. The first-order valence-corrected chi connectivity index (χ1v) is 10.3. The molecule has 1 unspecified atom stereocenters. The summed E-state index contributed by atoms with van der Waals surface area (Å²) in [6.07, 6.45) is 2.14. The van der Waals surface area contributed by atoms with E-state index in [1.54, 1.807) is 11.0 Å². The van der Waals surface area contributed by atoms with Crippen LogP contribution in [0.4, 0.5) is 8.78 Å². The summed E-state index contributed by atoms with van der Waals surface area (Å²) >= 11 is 3.28. The van der Waals surface area contributed by atoms with Gasteiger partial charge in [0.1, 0.15) is 0 Å². The van der Waals surface area contributed by atoms with Crippen molar-refractivity contribution in [2.75, 3.05) is 13.1 Å². The molecule has 1 aromatic rings. The first-order chi connectivity index (χ1) is 11.6. The van der Waals surface area contributed by atoms with E-state index in [1.165, 1.54) is 6.07 Å². The lowest BCUT2D eigenvalue weighted by molar-refractivity contribution is -0.0945. The molecule has 1 amide bonds. The summed E-state index contributed by atoms with van der Waals surface area (Å²) in [5.41, 5.74) is 0.753. The molecule has 0 bridgehead atoms. The lowest BCUT2D eigenvalue weighted by atomic mass is 10.1. The van der Waals surface area contributed by atoms with Gasteiger partial charge in [0.15, 0.2) is 0 Å². The van der Waals surface area contributed by atoms with Crippen LogP contribution in [0.25, 0.3) is 0 Å². The third kappa shape index (κ3) is 2.80. The molecule has 9 heteroatoms. The summed E-state index contributed by atoms with van der Waals surface area (Å²) in [5.74, 6) is -2.87. The van der Waals surface area contributed by atoms with Gasteiger partial charge in [-0.15, -0.1) is 0 Å². The van der Waals surface area contributed by atoms with E-state index in [0.29, 0.717) is 22.5 Å². The minimum Gasteiger partial charge on any atom is -0.331 e. The zero-order valence-electron chi connectivity index (χ0n) is 13.5. The molecule has 136 valence electrons. The van der Waals surface area contributed by atoms with Gasteiger partial charge in [-0.1, -0.05) is 15.9 Å². The fourth-order valence-corrected chi connectivity index (χ4v) is 5.95. The third-order valence-electron chi connectivity index (χ3n) is 5.19. The molecule has 0 aromatic heterocycles. The maximum absolute atomic E-state index is 13.1. The molecule has 0 spiro atoms. The summed E-state index contributed by atoms with van der Waals surface area (Å²) in [7, 11) is -4.13. The molecule has 1 saturated heterocycles. The topological polar surface area (TPSA) is 57.7 Å². The van der Waals surface area contributed by atoms with Gasteiger partial charge in [0.25, 0.3) is 11.8 Å². The number of nitrogens with zero attached hydrogens (tertiary/aromatic N) is 2. The van der Waals surface area contributed by atoms with E-state index in [9.17, 15) is 22.0 Å². The van der Waals surface area contributed by atoms with Crippen molar-refractivity contribution >= 4 is 31.9 Å². The van der Waals surface area contributed by atoms with E-state index < -0.39 is 29.0 Å². The number of carbonyl (C=O) groups excluding carboxylic acids is 1. The van der Waals surface area contributed by atoms with Crippen molar-refractivity contribution in [3.05, 3.63) is 27.7 Å². The number of rotatable bonds is 4. The van der Waals surface area contributed by atoms with Crippen LogP contribution in [0.2, 0.25) is 0 Å². The Morgan fingerprint density at radius 1 is 1.28 bits per heavy atom. The Hall–Kier alpha value is -1.06. The van der Waals surface area contributed by atoms with Crippen molar-refractivity contribution in [3.63, 3.8) is 0 Å². The molecule has 2 fully saturated rings. The van der Waals surface area contributed by atoms with Crippen molar-refractivity contribution in [2.24, 2.45) is 5.92 Å². The molecule has 25 heavy (non-hydrogen) atoms. The number of halogens is 3. The van der Waals surface area contributed by atoms with E-state index in [-0.39, 0.29) is 22.4 Å². The van der Waals surface area contributed by atoms with E-state index in [2.05, 4.69) is 15.9 Å². The highest BCUT2D eigenvalue weighted by molar-refractivity contribution is 9.10. The van der Waals surface area contributed by atoms with Crippen LogP contribution in [-0.2, 0) is 16.6 Å². The van der Waals surface area contributed by atoms with E-state index >= 15 is 0 Å². The quantitative estimate of drug-likeness (QED) is 0.731. The van der Waals surface area contributed by atoms with Gasteiger partial charge in [0, 0.05) is 17.1 Å². The highest BCUT2D eigenvalue weighted by atomic mass is 79.9. The van der Waals surface area contributed by atoms with Gasteiger partial charge in [-0.2, -0.15) is 4.31 Å². The second-order valence-corrected chi connectivity index (χ2v) is 9.90. The average Bonchev–Trinajstić information content (AvgIpc) is 3.28. The summed E-state index contributed by atoms with van der Waals surface area (Å²) in [6, 6.07) is 3.12. The summed E-state index contributed by atoms with van der Waals surface area (Å²) in [5, 5.41) is 0. The van der Waals surface area contributed by atoms with E-state index in [4.69, 9.17) is 0 Å². The Kier molecular flexibility index (Phi) is 3.80. The molecule has 1 saturated carbocycles. The molecule has 3 aliphatic rings. The van der Waals surface area contributed by atoms with Crippen LogP contribution < -0.4 is 0 Å². The van der Waals surface area contributed by atoms with Gasteiger partial charge in [-0.05, 0) is 43.4 Å². The largest absolute Gasteiger partial charge is 0.331 e. The standard InChI is InChI=1S/C16H17BrF2N2O3S/c1-9(10-2-3-10)21-6-11-4-12(17)5-13(14(11)15(21)22)25(23,24)20-7-16(18,19)8-20/h4-5,9-10H,2-3,6-8H2,1H3. The molecule has 0 radical (unpaired) electrons. The number of fused-ring (bicyclic) bond motifs is 1. The van der Waals surface area contributed by atoms with Crippen LogP contribution in [0.1, 0.15) is 35.7 Å². The van der Waals surface area contributed by atoms with Crippen LogP contribution in [0.15, 0.2) is 21.5 Å². The maximum Gasteiger partial charge on any atom is 0.275 e. The van der Waals surface area contributed by atoms with Crippen molar-refractivity contribution in [1.29, 1.82) is 0 Å². The van der Waals surface area contributed by atoms with E-state index in [0.717, 1.165) is 17.1 Å². The second-order valence-electron chi connectivity index (χ2n) is 7.08. The van der Waals surface area contributed by atoms with Gasteiger partial charge in [-0.25, -0.2) is 17.2 Å². The molecule has 2 heterocycles. The molecular weight excluding hydrogens is 418 g/mol. The number of sulfonamides is 1. The molecule has 1 aromatic carbocycles. The average molecular weight is 435 g/mol. The zero-order chi connectivity index (χ0) is 18.1. The molecule has 1 aliphatic carbocycles. The second kappa shape index (κ2) is 5.47. The highest BCUT2D eigenvalue weighted by Gasteiger charge is 2.51. The lowest BCUT2D eigenvalue weighted by Crippen LogP contribution is -2.58. The number of hydrogen-bond acceptors (Lipinski definition) is 3. The normalized spacial score (nSPS) is 24.2. The molecule has 4 rings (SSSR count). The molecule has 2 aliphatic heterocycles.